The second kappa shape index (κ2) is 5.41. The summed E-state index contributed by atoms with van der Waals surface area (Å²) < 4.78 is 13.6. The Morgan fingerprint density at radius 3 is 3.08 bits per heavy atom. The molecule has 2 aliphatic heterocycles. The van der Waals surface area contributed by atoms with Gasteiger partial charge in [-0.15, -0.1) is 13.2 Å². The van der Waals surface area contributed by atoms with Gasteiger partial charge >= 0.3 is 0 Å². The molecule has 4 rings (SSSR count). The minimum absolute atomic E-state index is 0.00203. The van der Waals surface area contributed by atoms with E-state index < -0.39 is 36.5 Å². The average Bonchev–Trinajstić information content (AvgIpc) is 3.15. The Hall–Kier alpha value is -1.67. The van der Waals surface area contributed by atoms with Crippen molar-refractivity contribution in [2.75, 3.05) is 31.8 Å². The predicted molar refractivity (Wildman–Crippen MR) is 96.5 cm³/mol. The van der Waals surface area contributed by atoms with Crippen molar-refractivity contribution in [2.45, 2.75) is 30.5 Å². The Morgan fingerprint density at radius 1 is 1.60 bits per heavy atom. The highest BCUT2D eigenvalue weighted by Gasteiger charge is 2.61. The molecule has 1 unspecified atom stereocenters. The average molecular weight is 367 g/mol. The maximum atomic E-state index is 12.0. The van der Waals surface area contributed by atoms with Crippen LogP contribution in [0.25, 0.3) is 11.2 Å². The molecule has 4 N–H and O–H groups in total. The standard InChI is InChI=1S/C15H22N5O4P/c1-25(2,3)5-4-15-6-23-9(10(15)21)13(24-15)20-7-17-8-11(20)18-14(16)19-12(8)22/h7,9-10,13,21H,1,4-6H2,2-3H3,(H3,16,18,19,22)/t9-,10+,13?,15+/m1/s1. The van der Waals surface area contributed by atoms with E-state index >= 15 is 0 Å². The molecule has 2 aliphatic rings. The molecule has 2 bridgehead atoms. The van der Waals surface area contributed by atoms with Gasteiger partial charge in [0.05, 0.1) is 12.9 Å². The molecular weight excluding hydrogens is 345 g/mol. The van der Waals surface area contributed by atoms with Crippen LogP contribution in [0, 0.1) is 0 Å². The van der Waals surface area contributed by atoms with Crippen molar-refractivity contribution in [3.8, 4) is 0 Å². The summed E-state index contributed by atoms with van der Waals surface area (Å²) in [6.07, 6.45) is 5.37. The zero-order valence-electron chi connectivity index (χ0n) is 14.2. The van der Waals surface area contributed by atoms with Gasteiger partial charge in [-0.05, 0) is 25.9 Å². The predicted octanol–water partition coefficient (Wildman–Crippen LogP) is -0.172. The van der Waals surface area contributed by atoms with E-state index in [4.69, 9.17) is 15.2 Å². The summed E-state index contributed by atoms with van der Waals surface area (Å²) in [4.78, 5) is 22.6. The fourth-order valence-corrected chi connectivity index (χ4v) is 4.46. The number of imidazole rings is 1. The Kier molecular flexibility index (Phi) is 3.63. The van der Waals surface area contributed by atoms with Crippen LogP contribution in [0.5, 0.6) is 0 Å². The summed E-state index contributed by atoms with van der Waals surface area (Å²) in [5, 5.41) is 10.7. The lowest BCUT2D eigenvalue weighted by Crippen LogP contribution is -2.41. The largest absolute Gasteiger partial charge is 0.387 e. The smallest absolute Gasteiger partial charge is 0.280 e. The molecule has 0 aliphatic carbocycles. The Labute approximate surface area is 144 Å². The van der Waals surface area contributed by atoms with Crippen LogP contribution in [0.2, 0.25) is 0 Å². The van der Waals surface area contributed by atoms with Crippen LogP contribution in [-0.2, 0) is 9.47 Å². The number of hydrogen-bond donors (Lipinski definition) is 3. The fourth-order valence-electron chi connectivity index (χ4n) is 3.48. The molecule has 0 spiro atoms. The van der Waals surface area contributed by atoms with E-state index in [1.807, 2.05) is 0 Å². The van der Waals surface area contributed by atoms with Gasteiger partial charge in [0.25, 0.3) is 5.56 Å². The van der Waals surface area contributed by atoms with Gasteiger partial charge in [0, 0.05) is 0 Å². The number of nitrogen functional groups attached to an aromatic ring is 1. The Bertz CT molecular complexity index is 934. The molecule has 0 aromatic carbocycles. The molecule has 2 saturated heterocycles. The first-order valence-corrected chi connectivity index (χ1v) is 11.1. The van der Waals surface area contributed by atoms with Gasteiger partial charge in [-0.2, -0.15) is 4.98 Å². The van der Waals surface area contributed by atoms with E-state index in [2.05, 4.69) is 34.6 Å². The third kappa shape index (κ3) is 2.62. The van der Waals surface area contributed by atoms with Crippen LogP contribution in [0.3, 0.4) is 0 Å². The van der Waals surface area contributed by atoms with Crippen molar-refractivity contribution >= 4 is 30.3 Å². The molecule has 0 radical (unpaired) electrons. The summed E-state index contributed by atoms with van der Waals surface area (Å²) in [5.41, 5.74) is 4.96. The number of aliphatic hydroxyl groups is 1. The van der Waals surface area contributed by atoms with E-state index in [1.54, 1.807) is 4.57 Å². The number of nitrogens with zero attached hydrogens (tertiary/aromatic N) is 3. The number of nitrogens with two attached hydrogens (primary N) is 1. The number of aromatic nitrogens is 4. The van der Waals surface area contributed by atoms with Gasteiger partial charge in [-0.1, -0.05) is 0 Å². The van der Waals surface area contributed by atoms with Crippen LogP contribution in [0.15, 0.2) is 11.1 Å². The van der Waals surface area contributed by atoms with E-state index in [1.165, 1.54) is 6.33 Å². The highest BCUT2D eigenvalue weighted by atomic mass is 31.2. The number of fused-ring (bicyclic) bond motifs is 3. The first-order chi connectivity index (χ1) is 11.7. The van der Waals surface area contributed by atoms with E-state index in [-0.39, 0.29) is 11.5 Å². The van der Waals surface area contributed by atoms with Gasteiger partial charge in [0.2, 0.25) is 5.95 Å². The minimum Gasteiger partial charge on any atom is -0.387 e. The second-order valence-corrected chi connectivity index (χ2v) is 11.8. The van der Waals surface area contributed by atoms with Crippen LogP contribution < -0.4 is 11.3 Å². The van der Waals surface area contributed by atoms with Crippen molar-refractivity contribution in [1.82, 2.24) is 19.5 Å². The number of rotatable bonds is 4. The molecule has 25 heavy (non-hydrogen) atoms. The first kappa shape index (κ1) is 16.8. The van der Waals surface area contributed by atoms with Crippen molar-refractivity contribution in [2.24, 2.45) is 0 Å². The lowest BCUT2D eigenvalue weighted by atomic mass is 9.96. The Balaban J connectivity index is 1.70. The van der Waals surface area contributed by atoms with Crippen molar-refractivity contribution in [1.29, 1.82) is 0 Å². The number of nitrogens with one attached hydrogen (secondary N) is 1. The third-order valence-electron chi connectivity index (χ3n) is 4.87. The molecule has 9 nitrogen and oxygen atoms in total. The summed E-state index contributed by atoms with van der Waals surface area (Å²) in [5.74, 6) is 0.00203. The Morgan fingerprint density at radius 2 is 2.36 bits per heavy atom. The minimum atomic E-state index is -1.25. The van der Waals surface area contributed by atoms with Crippen LogP contribution in [0.1, 0.15) is 12.6 Å². The number of H-pyrrole nitrogens is 1. The van der Waals surface area contributed by atoms with Crippen molar-refractivity contribution < 1.29 is 14.6 Å². The highest BCUT2D eigenvalue weighted by molar-refractivity contribution is 7.72. The van der Waals surface area contributed by atoms with Gasteiger partial charge in [0.1, 0.15) is 17.8 Å². The van der Waals surface area contributed by atoms with E-state index in [9.17, 15) is 9.90 Å². The van der Waals surface area contributed by atoms with E-state index in [0.29, 0.717) is 18.7 Å². The lowest BCUT2D eigenvalue weighted by molar-refractivity contribution is -0.172. The zero-order chi connectivity index (χ0) is 18.0. The second-order valence-electron chi connectivity index (χ2n) is 7.48. The number of anilines is 1. The maximum Gasteiger partial charge on any atom is 0.280 e. The topological polar surface area (TPSA) is 128 Å². The fraction of sp³-hybridized carbons (Fsp3) is 0.600. The monoisotopic (exact) mass is 367 g/mol. The highest BCUT2D eigenvalue weighted by Crippen LogP contribution is 2.49. The van der Waals surface area contributed by atoms with Crippen molar-refractivity contribution in [3.05, 3.63) is 16.7 Å². The zero-order valence-corrected chi connectivity index (χ0v) is 15.1. The maximum absolute atomic E-state index is 12.0. The molecule has 2 aromatic rings. The van der Waals surface area contributed by atoms with Crippen LogP contribution in [0.4, 0.5) is 5.95 Å². The van der Waals surface area contributed by atoms with Gasteiger partial charge < -0.3 is 20.3 Å². The number of hydrogen-bond acceptors (Lipinski definition) is 7. The lowest BCUT2D eigenvalue weighted by Gasteiger charge is -2.32. The molecule has 0 amide bonds. The normalized spacial score (nSPS) is 31.9. The summed E-state index contributed by atoms with van der Waals surface area (Å²) in [6, 6.07) is 0. The molecule has 136 valence electrons. The van der Waals surface area contributed by atoms with Crippen LogP contribution in [-0.4, -0.2) is 74.8 Å². The molecule has 4 heterocycles. The van der Waals surface area contributed by atoms with E-state index in [0.717, 1.165) is 6.16 Å². The molecular formula is C15H22N5O4P. The molecule has 4 atom stereocenters. The molecule has 2 fully saturated rings. The molecule has 2 aromatic heterocycles. The van der Waals surface area contributed by atoms with Crippen molar-refractivity contribution in [3.63, 3.8) is 0 Å². The SMILES string of the molecule is C=P(C)(C)CC[C@@]12CO[C@@H](C(n3cnc4c(=O)[nH]c(N)nc43)O1)[C@@H]2O. The quantitative estimate of drug-likeness (QED) is 0.640. The molecule has 0 saturated carbocycles. The number of aromatic amines is 1. The summed E-state index contributed by atoms with van der Waals surface area (Å²) in [6.45, 7) is 3.39. The van der Waals surface area contributed by atoms with Gasteiger partial charge in [-0.25, -0.2) is 4.98 Å². The number of aliphatic hydroxyl groups excluding tert-OH is 1. The van der Waals surface area contributed by atoms with Gasteiger partial charge in [0.15, 0.2) is 17.4 Å². The molecule has 10 heteroatoms. The van der Waals surface area contributed by atoms with Crippen LogP contribution >= 0.6 is 6.89 Å². The third-order valence-corrected chi connectivity index (χ3v) is 6.31. The first-order valence-electron chi connectivity index (χ1n) is 8.07. The summed E-state index contributed by atoms with van der Waals surface area (Å²) in [7, 11) is 0. The summed E-state index contributed by atoms with van der Waals surface area (Å²) >= 11 is 0. The van der Waals surface area contributed by atoms with Gasteiger partial charge in [-0.3, -0.25) is 14.3 Å². The number of ether oxygens (including phenoxy) is 2.